The summed E-state index contributed by atoms with van der Waals surface area (Å²) in [5.74, 6) is -1.01. The van der Waals surface area contributed by atoms with Crippen molar-refractivity contribution in [2.75, 3.05) is 0 Å². The summed E-state index contributed by atoms with van der Waals surface area (Å²) in [5, 5.41) is 4.61. The fourth-order valence-electron chi connectivity index (χ4n) is 3.97. The van der Waals surface area contributed by atoms with Gasteiger partial charge in [0.1, 0.15) is 11.6 Å². The third kappa shape index (κ3) is 4.74. The van der Waals surface area contributed by atoms with Gasteiger partial charge in [0.05, 0.1) is 17.9 Å². The van der Waals surface area contributed by atoms with Crippen molar-refractivity contribution in [3.05, 3.63) is 79.0 Å². The van der Waals surface area contributed by atoms with Gasteiger partial charge < -0.3 is 0 Å². The highest BCUT2D eigenvalue weighted by Crippen LogP contribution is 2.30. The molecule has 0 amide bonds. The maximum atomic E-state index is 14.2. The van der Waals surface area contributed by atoms with Gasteiger partial charge in [-0.1, -0.05) is 26.7 Å². The molecule has 0 saturated heterocycles. The predicted octanol–water partition coefficient (Wildman–Crippen LogP) is 7.09. The SMILES string of the molecule is CCCC(CCC)n1cc(-c2cncc(-c3ccnc(-c4cc(F)ccc4F)c3)c2)cn1. The van der Waals surface area contributed by atoms with Gasteiger partial charge in [0, 0.05) is 47.0 Å². The van der Waals surface area contributed by atoms with Crippen LogP contribution in [0, 0.1) is 11.6 Å². The first-order chi connectivity index (χ1) is 15.6. The van der Waals surface area contributed by atoms with Crippen LogP contribution in [0.25, 0.3) is 33.5 Å². The summed E-state index contributed by atoms with van der Waals surface area (Å²) in [5.41, 5.74) is 4.16. The standard InChI is InChI=1S/C26H26F2N4/c1-3-5-23(6-4-2)32-17-21(16-31-32)20-11-19(14-29-15-20)18-9-10-30-26(12-18)24-13-22(27)7-8-25(24)28/h7-17,23H,3-6H2,1-2H3. The van der Waals surface area contributed by atoms with Crippen LogP contribution in [0.15, 0.2) is 67.4 Å². The van der Waals surface area contributed by atoms with Gasteiger partial charge in [-0.15, -0.1) is 0 Å². The first kappa shape index (κ1) is 21.8. The van der Waals surface area contributed by atoms with Gasteiger partial charge in [-0.3, -0.25) is 14.6 Å². The molecule has 0 spiro atoms. The summed E-state index contributed by atoms with van der Waals surface area (Å²) in [7, 11) is 0. The van der Waals surface area contributed by atoms with E-state index in [-0.39, 0.29) is 5.56 Å². The molecule has 3 heterocycles. The molecule has 0 atom stereocenters. The maximum Gasteiger partial charge on any atom is 0.132 e. The van der Waals surface area contributed by atoms with E-state index in [0.717, 1.165) is 66.1 Å². The Labute approximate surface area is 187 Å². The van der Waals surface area contributed by atoms with E-state index >= 15 is 0 Å². The molecule has 3 aromatic heterocycles. The summed E-state index contributed by atoms with van der Waals surface area (Å²) in [4.78, 5) is 8.64. The molecule has 0 aliphatic heterocycles. The highest BCUT2D eigenvalue weighted by Gasteiger charge is 2.13. The minimum Gasteiger partial charge on any atom is -0.269 e. The normalized spacial score (nSPS) is 11.3. The average Bonchev–Trinajstić information content (AvgIpc) is 3.31. The van der Waals surface area contributed by atoms with E-state index in [1.54, 1.807) is 18.5 Å². The summed E-state index contributed by atoms with van der Waals surface area (Å²) in [6.07, 6.45) is 13.6. The molecule has 6 heteroatoms. The highest BCUT2D eigenvalue weighted by molar-refractivity contribution is 5.74. The number of nitrogens with zero attached hydrogens (tertiary/aromatic N) is 4. The zero-order valence-corrected chi connectivity index (χ0v) is 18.3. The molecule has 0 fully saturated rings. The molecular weight excluding hydrogens is 406 g/mol. The molecule has 0 saturated carbocycles. The summed E-state index contributed by atoms with van der Waals surface area (Å²) in [6.45, 7) is 4.39. The van der Waals surface area contributed by atoms with E-state index in [1.807, 2.05) is 24.5 Å². The Hall–Kier alpha value is -3.41. The minimum atomic E-state index is -0.510. The lowest BCUT2D eigenvalue weighted by Gasteiger charge is -2.15. The summed E-state index contributed by atoms with van der Waals surface area (Å²) < 4.78 is 29.9. The molecule has 164 valence electrons. The summed E-state index contributed by atoms with van der Waals surface area (Å²) >= 11 is 0. The van der Waals surface area contributed by atoms with Crippen LogP contribution in [-0.2, 0) is 0 Å². The molecule has 0 bridgehead atoms. The molecule has 1 aromatic carbocycles. The minimum absolute atomic E-state index is 0.134. The molecule has 0 unspecified atom stereocenters. The lowest BCUT2D eigenvalue weighted by Crippen LogP contribution is -2.08. The third-order valence-corrected chi connectivity index (χ3v) is 5.59. The number of hydrogen-bond acceptors (Lipinski definition) is 3. The highest BCUT2D eigenvalue weighted by atomic mass is 19.1. The number of halogens is 2. The Morgan fingerprint density at radius 3 is 2.34 bits per heavy atom. The Kier molecular flexibility index (Phi) is 6.69. The number of hydrogen-bond donors (Lipinski definition) is 0. The molecule has 0 aliphatic carbocycles. The monoisotopic (exact) mass is 432 g/mol. The Morgan fingerprint density at radius 2 is 1.59 bits per heavy atom. The van der Waals surface area contributed by atoms with Crippen molar-refractivity contribution < 1.29 is 8.78 Å². The van der Waals surface area contributed by atoms with Gasteiger partial charge in [-0.25, -0.2) is 8.78 Å². The van der Waals surface area contributed by atoms with E-state index in [9.17, 15) is 8.78 Å². The number of rotatable bonds is 8. The molecule has 0 aliphatic rings. The fraction of sp³-hybridized carbons (Fsp3) is 0.269. The van der Waals surface area contributed by atoms with Crippen molar-refractivity contribution in [3.8, 4) is 33.5 Å². The van der Waals surface area contributed by atoms with Crippen LogP contribution in [0.2, 0.25) is 0 Å². The first-order valence-electron chi connectivity index (χ1n) is 11.0. The topological polar surface area (TPSA) is 43.6 Å². The van der Waals surface area contributed by atoms with Crippen LogP contribution in [0.4, 0.5) is 8.78 Å². The van der Waals surface area contributed by atoms with Crippen LogP contribution in [0.1, 0.15) is 45.6 Å². The van der Waals surface area contributed by atoms with Crippen molar-refractivity contribution >= 4 is 0 Å². The van der Waals surface area contributed by atoms with Gasteiger partial charge in [-0.2, -0.15) is 5.10 Å². The number of aromatic nitrogens is 4. The van der Waals surface area contributed by atoms with Crippen molar-refractivity contribution in [1.29, 1.82) is 0 Å². The van der Waals surface area contributed by atoms with Crippen LogP contribution in [-0.4, -0.2) is 19.7 Å². The Bertz CT molecular complexity index is 1200. The Balaban J connectivity index is 1.65. The van der Waals surface area contributed by atoms with Crippen LogP contribution in [0.3, 0.4) is 0 Å². The largest absolute Gasteiger partial charge is 0.269 e. The van der Waals surface area contributed by atoms with Gasteiger partial charge in [0.2, 0.25) is 0 Å². The smallest absolute Gasteiger partial charge is 0.132 e. The number of benzene rings is 1. The van der Waals surface area contributed by atoms with Crippen LogP contribution >= 0.6 is 0 Å². The number of pyridine rings is 2. The molecule has 0 radical (unpaired) electrons. The lowest BCUT2D eigenvalue weighted by molar-refractivity contribution is 0.391. The van der Waals surface area contributed by atoms with Gasteiger partial charge in [-0.05, 0) is 54.8 Å². The fourth-order valence-corrected chi connectivity index (χ4v) is 3.97. The van der Waals surface area contributed by atoms with Crippen molar-refractivity contribution in [1.82, 2.24) is 19.7 Å². The van der Waals surface area contributed by atoms with Crippen LogP contribution < -0.4 is 0 Å². The second-order valence-electron chi connectivity index (χ2n) is 7.96. The molecule has 4 nitrogen and oxygen atoms in total. The van der Waals surface area contributed by atoms with E-state index in [0.29, 0.717) is 11.7 Å². The molecule has 4 rings (SSSR count). The average molecular weight is 433 g/mol. The van der Waals surface area contributed by atoms with Gasteiger partial charge in [0.25, 0.3) is 0 Å². The van der Waals surface area contributed by atoms with E-state index in [4.69, 9.17) is 0 Å². The van der Waals surface area contributed by atoms with E-state index in [1.165, 1.54) is 0 Å². The molecule has 32 heavy (non-hydrogen) atoms. The quantitative estimate of drug-likeness (QED) is 0.298. The maximum absolute atomic E-state index is 14.2. The van der Waals surface area contributed by atoms with Crippen molar-refractivity contribution in [3.63, 3.8) is 0 Å². The second-order valence-corrected chi connectivity index (χ2v) is 7.96. The lowest BCUT2D eigenvalue weighted by atomic mass is 10.0. The zero-order chi connectivity index (χ0) is 22.5. The van der Waals surface area contributed by atoms with E-state index in [2.05, 4.69) is 39.8 Å². The zero-order valence-electron chi connectivity index (χ0n) is 18.3. The van der Waals surface area contributed by atoms with Crippen LogP contribution in [0.5, 0.6) is 0 Å². The van der Waals surface area contributed by atoms with Crippen molar-refractivity contribution in [2.24, 2.45) is 0 Å². The van der Waals surface area contributed by atoms with Crippen molar-refractivity contribution in [2.45, 2.75) is 45.6 Å². The Morgan fingerprint density at radius 1 is 0.844 bits per heavy atom. The molecular formula is C26H26F2N4. The van der Waals surface area contributed by atoms with Gasteiger partial charge in [0.15, 0.2) is 0 Å². The van der Waals surface area contributed by atoms with Gasteiger partial charge >= 0.3 is 0 Å². The predicted molar refractivity (Wildman–Crippen MR) is 123 cm³/mol. The molecule has 0 N–H and O–H groups in total. The third-order valence-electron chi connectivity index (χ3n) is 5.59. The first-order valence-corrected chi connectivity index (χ1v) is 11.0. The molecule has 4 aromatic rings. The summed E-state index contributed by atoms with van der Waals surface area (Å²) in [6, 6.07) is 9.39. The second kappa shape index (κ2) is 9.81. The van der Waals surface area contributed by atoms with E-state index < -0.39 is 11.6 Å².